The zero-order valence-corrected chi connectivity index (χ0v) is 16.5. The molecule has 1 fully saturated rings. The van der Waals surface area contributed by atoms with Crippen LogP contribution in [0.25, 0.3) is 5.69 Å². The second-order valence-corrected chi connectivity index (χ2v) is 9.20. The van der Waals surface area contributed by atoms with Crippen LogP contribution in [0.15, 0.2) is 30.3 Å². The van der Waals surface area contributed by atoms with E-state index in [0.717, 1.165) is 30.2 Å². The van der Waals surface area contributed by atoms with E-state index in [1.165, 1.54) is 11.8 Å². The summed E-state index contributed by atoms with van der Waals surface area (Å²) in [4.78, 5) is 2.33. The Morgan fingerprint density at radius 2 is 1.96 bits per heavy atom. The monoisotopic (exact) mass is 377 g/mol. The van der Waals surface area contributed by atoms with Crippen LogP contribution >= 0.6 is 0 Å². The molecule has 0 unspecified atom stereocenters. The third-order valence-electron chi connectivity index (χ3n) is 4.88. The van der Waals surface area contributed by atoms with Gasteiger partial charge in [-0.2, -0.15) is 5.10 Å². The molecule has 2 heterocycles. The van der Waals surface area contributed by atoms with Crippen LogP contribution in [0.1, 0.15) is 29.4 Å². The second-order valence-electron chi connectivity index (χ2n) is 6.94. The highest BCUT2D eigenvalue weighted by molar-refractivity contribution is 7.90. The number of sulfone groups is 1. The van der Waals surface area contributed by atoms with E-state index in [2.05, 4.69) is 11.8 Å². The first kappa shape index (κ1) is 19.1. The Bertz CT molecular complexity index is 846. The van der Waals surface area contributed by atoms with E-state index >= 15 is 0 Å². The number of hydrogen-bond donors (Lipinski definition) is 0. The van der Waals surface area contributed by atoms with Crippen molar-refractivity contribution < 1.29 is 13.2 Å². The van der Waals surface area contributed by atoms with Crippen LogP contribution in [0.4, 0.5) is 0 Å². The van der Waals surface area contributed by atoms with Gasteiger partial charge in [0, 0.05) is 24.1 Å². The van der Waals surface area contributed by atoms with Gasteiger partial charge >= 0.3 is 0 Å². The minimum absolute atomic E-state index is 0.112. The van der Waals surface area contributed by atoms with Gasteiger partial charge in [0.2, 0.25) is 0 Å². The topological polar surface area (TPSA) is 64.4 Å². The maximum atomic E-state index is 11.4. The summed E-state index contributed by atoms with van der Waals surface area (Å²) in [6, 6.07) is 10.2. The lowest BCUT2D eigenvalue weighted by Gasteiger charge is -2.36. The molecule has 1 aromatic heterocycles. The molecule has 7 heteroatoms. The largest absolute Gasteiger partial charge is 0.378 e. The fraction of sp³-hybridized carbons (Fsp3) is 0.526. The molecule has 1 aliphatic heterocycles. The summed E-state index contributed by atoms with van der Waals surface area (Å²) in [7, 11) is -2.93. The van der Waals surface area contributed by atoms with Crippen molar-refractivity contribution in [3.8, 4) is 5.69 Å². The van der Waals surface area contributed by atoms with Gasteiger partial charge in [-0.15, -0.1) is 0 Å². The van der Waals surface area contributed by atoms with Gasteiger partial charge in [-0.25, -0.2) is 13.1 Å². The van der Waals surface area contributed by atoms with Crippen molar-refractivity contribution in [3.05, 3.63) is 47.3 Å². The molecular weight excluding hydrogens is 350 g/mol. The lowest BCUT2D eigenvalue weighted by atomic mass is 10.0. The summed E-state index contributed by atoms with van der Waals surface area (Å²) < 4.78 is 30.6. The molecule has 1 aliphatic rings. The van der Waals surface area contributed by atoms with Gasteiger partial charge in [0.15, 0.2) is 0 Å². The number of rotatable bonds is 6. The zero-order valence-electron chi connectivity index (χ0n) is 15.7. The second kappa shape index (κ2) is 7.90. The molecular formula is C19H27N3O3S. The van der Waals surface area contributed by atoms with Gasteiger partial charge in [0.25, 0.3) is 0 Å². The first-order valence-corrected chi connectivity index (χ1v) is 11.0. The zero-order chi connectivity index (χ0) is 18.7. The number of ether oxygens (including phenoxy) is 1. The molecule has 1 atom stereocenters. The maximum absolute atomic E-state index is 11.4. The molecule has 6 nitrogen and oxygen atoms in total. The molecule has 26 heavy (non-hydrogen) atoms. The predicted octanol–water partition coefficient (Wildman–Crippen LogP) is 2.30. The van der Waals surface area contributed by atoms with Gasteiger partial charge in [-0.3, -0.25) is 4.90 Å². The van der Waals surface area contributed by atoms with E-state index in [9.17, 15) is 8.42 Å². The van der Waals surface area contributed by atoms with E-state index in [1.54, 1.807) is 0 Å². The lowest BCUT2D eigenvalue weighted by Crippen LogP contribution is -2.41. The standard InChI is InChI=1S/C19H27N3O3S/c1-15-19(16(2)22(20-15)17-8-5-4-6-9-17)18-14-25-12-11-21(18)10-7-13-26(3,23)24/h4-6,8-9,18H,7,10-14H2,1-3H3/t18-/m1/s1. The Kier molecular flexibility index (Phi) is 5.79. The molecule has 1 aromatic carbocycles. The molecule has 2 aromatic rings. The van der Waals surface area contributed by atoms with Gasteiger partial charge in [-0.05, 0) is 38.9 Å². The first-order valence-electron chi connectivity index (χ1n) is 8.98. The number of aryl methyl sites for hydroxylation is 1. The normalized spacial score (nSPS) is 19.0. The molecule has 0 saturated carbocycles. The minimum Gasteiger partial charge on any atom is -0.378 e. The average Bonchev–Trinajstić information content (AvgIpc) is 2.90. The summed E-state index contributed by atoms with van der Waals surface area (Å²) in [5.41, 5.74) is 4.33. The maximum Gasteiger partial charge on any atom is 0.147 e. The van der Waals surface area contributed by atoms with E-state index in [1.807, 2.05) is 41.9 Å². The number of para-hydroxylation sites is 1. The fourth-order valence-corrected chi connectivity index (χ4v) is 4.31. The van der Waals surface area contributed by atoms with Crippen molar-refractivity contribution in [2.75, 3.05) is 38.3 Å². The Hall–Kier alpha value is -1.70. The Labute approximate surface area is 155 Å². The SMILES string of the molecule is Cc1nn(-c2ccccc2)c(C)c1[C@H]1COCCN1CCCS(C)(=O)=O. The molecule has 1 saturated heterocycles. The number of morpholine rings is 1. The van der Waals surface area contributed by atoms with E-state index in [-0.39, 0.29) is 11.8 Å². The highest BCUT2D eigenvalue weighted by Gasteiger charge is 2.29. The van der Waals surface area contributed by atoms with Gasteiger partial charge in [-0.1, -0.05) is 18.2 Å². The summed E-state index contributed by atoms with van der Waals surface area (Å²) in [6.45, 7) is 6.97. The van der Waals surface area contributed by atoms with Crippen molar-refractivity contribution in [2.24, 2.45) is 0 Å². The molecule has 0 radical (unpaired) electrons. The van der Waals surface area contributed by atoms with E-state index in [0.29, 0.717) is 19.6 Å². The number of nitrogens with zero attached hydrogens (tertiary/aromatic N) is 3. The quantitative estimate of drug-likeness (QED) is 0.773. The Morgan fingerprint density at radius 3 is 2.65 bits per heavy atom. The third-order valence-corrected chi connectivity index (χ3v) is 5.91. The summed E-state index contributed by atoms with van der Waals surface area (Å²) >= 11 is 0. The van der Waals surface area contributed by atoms with Gasteiger partial charge in [0.05, 0.1) is 36.4 Å². The number of hydrogen-bond acceptors (Lipinski definition) is 5. The van der Waals surface area contributed by atoms with Crippen LogP contribution in [0, 0.1) is 13.8 Å². The smallest absolute Gasteiger partial charge is 0.147 e. The highest BCUT2D eigenvalue weighted by atomic mass is 32.2. The van der Waals surface area contributed by atoms with Crippen LogP contribution in [-0.2, 0) is 14.6 Å². The predicted molar refractivity (Wildman–Crippen MR) is 102 cm³/mol. The number of benzene rings is 1. The molecule has 0 bridgehead atoms. The highest BCUT2D eigenvalue weighted by Crippen LogP contribution is 2.30. The minimum atomic E-state index is -2.93. The molecule has 0 aliphatic carbocycles. The van der Waals surface area contributed by atoms with Crippen LogP contribution in [0.2, 0.25) is 0 Å². The van der Waals surface area contributed by atoms with Crippen LogP contribution in [0.5, 0.6) is 0 Å². The van der Waals surface area contributed by atoms with Crippen molar-refractivity contribution in [1.82, 2.24) is 14.7 Å². The van der Waals surface area contributed by atoms with Crippen molar-refractivity contribution >= 4 is 9.84 Å². The molecule has 0 amide bonds. The van der Waals surface area contributed by atoms with E-state index in [4.69, 9.17) is 9.84 Å². The lowest BCUT2D eigenvalue weighted by molar-refractivity contribution is -0.00866. The van der Waals surface area contributed by atoms with Gasteiger partial charge < -0.3 is 4.74 Å². The Morgan fingerprint density at radius 1 is 1.23 bits per heavy atom. The first-order chi connectivity index (χ1) is 12.4. The summed E-state index contributed by atoms with van der Waals surface area (Å²) in [5, 5.41) is 4.75. The van der Waals surface area contributed by atoms with E-state index < -0.39 is 9.84 Å². The van der Waals surface area contributed by atoms with Crippen LogP contribution in [-0.4, -0.2) is 61.4 Å². The Balaban J connectivity index is 1.85. The third kappa shape index (κ3) is 4.34. The summed E-state index contributed by atoms with van der Waals surface area (Å²) in [6.07, 6.45) is 1.93. The van der Waals surface area contributed by atoms with Crippen LogP contribution < -0.4 is 0 Å². The summed E-state index contributed by atoms with van der Waals surface area (Å²) in [5.74, 6) is 0.221. The van der Waals surface area contributed by atoms with Gasteiger partial charge in [0.1, 0.15) is 9.84 Å². The number of aromatic nitrogens is 2. The molecule has 0 N–H and O–H groups in total. The molecule has 0 spiro atoms. The van der Waals surface area contributed by atoms with Crippen molar-refractivity contribution in [1.29, 1.82) is 0 Å². The van der Waals surface area contributed by atoms with Crippen molar-refractivity contribution in [3.63, 3.8) is 0 Å². The fourth-order valence-electron chi connectivity index (χ4n) is 3.66. The average molecular weight is 378 g/mol. The van der Waals surface area contributed by atoms with Crippen LogP contribution in [0.3, 0.4) is 0 Å². The van der Waals surface area contributed by atoms with Crippen molar-refractivity contribution in [2.45, 2.75) is 26.3 Å². The molecule has 142 valence electrons. The molecule has 3 rings (SSSR count).